The van der Waals surface area contributed by atoms with Crippen LogP contribution in [0, 0.1) is 0 Å². The van der Waals surface area contributed by atoms with Crippen LogP contribution in [0.5, 0.6) is 0 Å². The summed E-state index contributed by atoms with van der Waals surface area (Å²) in [7, 11) is 1.78. The molecule has 0 amide bonds. The molecule has 3 unspecified atom stereocenters. The fourth-order valence-electron chi connectivity index (χ4n) is 2.27. The van der Waals surface area contributed by atoms with Crippen molar-refractivity contribution in [2.24, 2.45) is 0 Å². The van der Waals surface area contributed by atoms with Crippen LogP contribution < -0.4 is 5.32 Å². The molecule has 1 N–H and O–H groups in total. The molecule has 0 spiro atoms. The molecule has 0 aromatic carbocycles. The summed E-state index contributed by atoms with van der Waals surface area (Å²) in [6.45, 7) is 5.39. The van der Waals surface area contributed by atoms with Gasteiger partial charge in [-0.1, -0.05) is 13.3 Å². The fraction of sp³-hybridized carbons (Fsp3) is 1.00. The molecule has 15 heavy (non-hydrogen) atoms. The summed E-state index contributed by atoms with van der Waals surface area (Å²) in [5.41, 5.74) is 0. The fourth-order valence-corrected chi connectivity index (χ4v) is 3.48. The van der Waals surface area contributed by atoms with E-state index in [9.17, 15) is 0 Å². The molecule has 0 heterocycles. The molecule has 2 nitrogen and oxygen atoms in total. The third-order valence-corrected chi connectivity index (χ3v) is 4.41. The topological polar surface area (TPSA) is 21.3 Å². The van der Waals surface area contributed by atoms with E-state index in [1.165, 1.54) is 25.0 Å². The van der Waals surface area contributed by atoms with Gasteiger partial charge in [0.25, 0.3) is 0 Å². The molecule has 0 radical (unpaired) electrons. The Balaban J connectivity index is 2.23. The van der Waals surface area contributed by atoms with Crippen molar-refractivity contribution in [3.05, 3.63) is 0 Å². The molecule has 0 aromatic rings. The predicted octanol–water partition coefficient (Wildman–Crippen LogP) is 2.68. The maximum atomic E-state index is 5.11. The van der Waals surface area contributed by atoms with Crippen LogP contribution >= 0.6 is 11.8 Å². The molecule has 0 aromatic heterocycles. The summed E-state index contributed by atoms with van der Waals surface area (Å²) in [6, 6.07) is 1.33. The third-order valence-electron chi connectivity index (χ3n) is 3.09. The van der Waals surface area contributed by atoms with Crippen molar-refractivity contribution in [1.82, 2.24) is 5.32 Å². The van der Waals surface area contributed by atoms with Gasteiger partial charge in [0.15, 0.2) is 0 Å². The quantitative estimate of drug-likeness (QED) is 0.728. The van der Waals surface area contributed by atoms with Crippen molar-refractivity contribution in [1.29, 1.82) is 0 Å². The van der Waals surface area contributed by atoms with Crippen LogP contribution in [0.3, 0.4) is 0 Å². The molecule has 0 aliphatic heterocycles. The lowest BCUT2D eigenvalue weighted by molar-refractivity contribution is 0.183. The van der Waals surface area contributed by atoms with E-state index < -0.39 is 0 Å². The van der Waals surface area contributed by atoms with Gasteiger partial charge in [-0.25, -0.2) is 0 Å². The average Bonchev–Trinajstić information content (AvgIpc) is 2.63. The molecular formula is C12H25NOS. The Hall–Kier alpha value is 0.270. The first-order valence-corrected chi connectivity index (χ1v) is 7.19. The largest absolute Gasteiger partial charge is 0.385 e. The zero-order chi connectivity index (χ0) is 11.1. The summed E-state index contributed by atoms with van der Waals surface area (Å²) in [6.07, 6.45) is 5.27. The van der Waals surface area contributed by atoms with Crippen molar-refractivity contribution in [3.8, 4) is 0 Å². The van der Waals surface area contributed by atoms with E-state index in [-0.39, 0.29) is 0 Å². The summed E-state index contributed by atoms with van der Waals surface area (Å²) < 4.78 is 5.11. The number of rotatable bonds is 7. The molecule has 3 heteroatoms. The molecule has 1 aliphatic carbocycles. The van der Waals surface area contributed by atoms with Crippen LogP contribution in [0.1, 0.15) is 39.5 Å². The van der Waals surface area contributed by atoms with E-state index in [0.29, 0.717) is 6.04 Å². The number of methoxy groups -OCH3 is 1. The third kappa shape index (κ3) is 4.75. The van der Waals surface area contributed by atoms with Gasteiger partial charge in [0.2, 0.25) is 0 Å². The Morgan fingerprint density at radius 1 is 1.47 bits per heavy atom. The highest BCUT2D eigenvalue weighted by Crippen LogP contribution is 2.30. The molecule has 0 saturated heterocycles. The summed E-state index contributed by atoms with van der Waals surface area (Å²) in [4.78, 5) is 0. The number of hydrogen-bond acceptors (Lipinski definition) is 3. The van der Waals surface area contributed by atoms with Gasteiger partial charge >= 0.3 is 0 Å². The lowest BCUT2D eigenvalue weighted by Gasteiger charge is -2.24. The SMILES string of the molecule is CCSC1CCCC1NC(C)CCOC. The van der Waals surface area contributed by atoms with E-state index in [1.54, 1.807) is 7.11 Å². The first kappa shape index (κ1) is 13.3. The molecule has 3 atom stereocenters. The minimum atomic E-state index is 0.591. The van der Waals surface area contributed by atoms with Crippen LogP contribution in [-0.2, 0) is 4.74 Å². The second-order valence-corrected chi connectivity index (χ2v) is 5.90. The van der Waals surface area contributed by atoms with Crippen LogP contribution in [-0.4, -0.2) is 36.8 Å². The van der Waals surface area contributed by atoms with E-state index in [4.69, 9.17) is 4.74 Å². The summed E-state index contributed by atoms with van der Waals surface area (Å²) in [5, 5.41) is 4.59. The Bertz CT molecular complexity index is 166. The minimum Gasteiger partial charge on any atom is -0.385 e. The molecule has 1 saturated carbocycles. The Morgan fingerprint density at radius 3 is 2.93 bits per heavy atom. The molecule has 90 valence electrons. The van der Waals surface area contributed by atoms with Gasteiger partial charge in [0.1, 0.15) is 0 Å². The smallest absolute Gasteiger partial charge is 0.0476 e. The maximum Gasteiger partial charge on any atom is 0.0476 e. The van der Waals surface area contributed by atoms with E-state index in [0.717, 1.165) is 24.3 Å². The van der Waals surface area contributed by atoms with Crippen LogP contribution in [0.15, 0.2) is 0 Å². The van der Waals surface area contributed by atoms with Crippen LogP contribution in [0.25, 0.3) is 0 Å². The number of nitrogens with one attached hydrogen (secondary N) is 1. The van der Waals surface area contributed by atoms with E-state index in [1.807, 2.05) is 0 Å². The average molecular weight is 231 g/mol. The Labute approximate surface area is 98.5 Å². The number of hydrogen-bond donors (Lipinski definition) is 1. The first-order valence-electron chi connectivity index (χ1n) is 6.14. The Kier molecular flexibility index (Phi) is 6.69. The highest BCUT2D eigenvalue weighted by atomic mass is 32.2. The highest BCUT2D eigenvalue weighted by Gasteiger charge is 2.27. The second-order valence-electron chi connectivity index (χ2n) is 4.38. The highest BCUT2D eigenvalue weighted by molar-refractivity contribution is 7.99. The predicted molar refractivity (Wildman–Crippen MR) is 68.6 cm³/mol. The zero-order valence-corrected chi connectivity index (χ0v) is 11.1. The van der Waals surface area contributed by atoms with Crippen molar-refractivity contribution in [2.45, 2.75) is 56.9 Å². The van der Waals surface area contributed by atoms with Gasteiger partial charge in [-0.15, -0.1) is 0 Å². The van der Waals surface area contributed by atoms with Gasteiger partial charge < -0.3 is 10.1 Å². The number of thioether (sulfide) groups is 1. The molecular weight excluding hydrogens is 206 g/mol. The van der Waals surface area contributed by atoms with Gasteiger partial charge in [0.05, 0.1) is 0 Å². The van der Waals surface area contributed by atoms with Gasteiger partial charge in [0, 0.05) is 31.1 Å². The lowest BCUT2D eigenvalue weighted by atomic mass is 10.2. The van der Waals surface area contributed by atoms with Crippen molar-refractivity contribution < 1.29 is 4.74 Å². The van der Waals surface area contributed by atoms with Crippen molar-refractivity contribution >= 4 is 11.8 Å². The number of ether oxygens (including phenoxy) is 1. The molecule has 1 aliphatic rings. The van der Waals surface area contributed by atoms with Crippen molar-refractivity contribution in [2.75, 3.05) is 19.5 Å². The first-order chi connectivity index (χ1) is 7.27. The lowest BCUT2D eigenvalue weighted by Crippen LogP contribution is -2.40. The Morgan fingerprint density at radius 2 is 2.27 bits per heavy atom. The van der Waals surface area contributed by atoms with Gasteiger partial charge in [-0.2, -0.15) is 11.8 Å². The molecule has 1 rings (SSSR count). The molecule has 1 fully saturated rings. The van der Waals surface area contributed by atoms with E-state index in [2.05, 4.69) is 30.9 Å². The summed E-state index contributed by atoms with van der Waals surface area (Å²) in [5.74, 6) is 1.25. The van der Waals surface area contributed by atoms with Crippen molar-refractivity contribution in [3.63, 3.8) is 0 Å². The molecule has 0 bridgehead atoms. The van der Waals surface area contributed by atoms with E-state index >= 15 is 0 Å². The maximum absolute atomic E-state index is 5.11. The monoisotopic (exact) mass is 231 g/mol. The van der Waals surface area contributed by atoms with Gasteiger partial charge in [-0.05, 0) is 31.9 Å². The zero-order valence-electron chi connectivity index (χ0n) is 10.3. The van der Waals surface area contributed by atoms with Crippen LogP contribution in [0.2, 0.25) is 0 Å². The standard InChI is InChI=1S/C12H25NOS/c1-4-15-12-7-5-6-11(12)13-10(2)8-9-14-3/h10-13H,4-9H2,1-3H3. The normalized spacial score (nSPS) is 28.2. The van der Waals surface area contributed by atoms with Crippen LogP contribution in [0.4, 0.5) is 0 Å². The summed E-state index contributed by atoms with van der Waals surface area (Å²) >= 11 is 2.12. The minimum absolute atomic E-state index is 0.591. The second kappa shape index (κ2) is 7.53. The van der Waals surface area contributed by atoms with Gasteiger partial charge in [-0.3, -0.25) is 0 Å².